The molecule has 0 saturated carbocycles. The predicted molar refractivity (Wildman–Crippen MR) is 42.0 cm³/mol. The molecular weight excluding hydrogens is 144 g/mol. The molecular formula is C8H5OS. The zero-order chi connectivity index (χ0) is 6.97. The summed E-state index contributed by atoms with van der Waals surface area (Å²) in [6, 6.07) is 7.08. The molecule has 0 fully saturated rings. The summed E-state index contributed by atoms with van der Waals surface area (Å²) in [5.74, 6) is 0.0888. The molecule has 0 aliphatic rings. The fourth-order valence-electron chi connectivity index (χ4n) is 0.945. The van der Waals surface area contributed by atoms with Crippen molar-refractivity contribution in [3.8, 4) is 5.75 Å². The Morgan fingerprint density at radius 1 is 1.20 bits per heavy atom. The standard InChI is InChI=1S/C8H5OS/c9-7-1-2-8-6(5-7)3-4-10-8/h1-5H. The highest BCUT2D eigenvalue weighted by atomic mass is 32.1. The lowest BCUT2D eigenvalue weighted by Gasteiger charge is -1.86. The van der Waals surface area contributed by atoms with Gasteiger partial charge in [0.25, 0.3) is 0 Å². The van der Waals surface area contributed by atoms with Crippen molar-refractivity contribution in [2.45, 2.75) is 0 Å². The van der Waals surface area contributed by atoms with Crippen LogP contribution in [0, 0.1) is 0 Å². The molecule has 0 atom stereocenters. The lowest BCUT2D eigenvalue weighted by molar-refractivity contribution is 0.355. The van der Waals surface area contributed by atoms with E-state index in [0.717, 1.165) is 5.39 Å². The minimum atomic E-state index is 0.0888. The van der Waals surface area contributed by atoms with Gasteiger partial charge in [-0.05, 0) is 35.0 Å². The van der Waals surface area contributed by atoms with Crippen LogP contribution in [0.5, 0.6) is 5.75 Å². The molecule has 0 saturated heterocycles. The Morgan fingerprint density at radius 3 is 3.00 bits per heavy atom. The van der Waals surface area contributed by atoms with Gasteiger partial charge in [0.2, 0.25) is 0 Å². The summed E-state index contributed by atoms with van der Waals surface area (Å²) >= 11 is 1.66. The predicted octanol–water partition coefficient (Wildman–Crippen LogP) is 3.05. The molecule has 49 valence electrons. The second kappa shape index (κ2) is 1.99. The molecule has 0 bridgehead atoms. The van der Waals surface area contributed by atoms with Gasteiger partial charge in [-0.3, -0.25) is 5.11 Å². The van der Waals surface area contributed by atoms with E-state index in [9.17, 15) is 5.11 Å². The van der Waals surface area contributed by atoms with Crippen LogP contribution in [-0.4, -0.2) is 0 Å². The highest BCUT2D eigenvalue weighted by Gasteiger charge is 1.95. The van der Waals surface area contributed by atoms with E-state index in [4.69, 9.17) is 0 Å². The molecule has 1 nitrogen and oxygen atoms in total. The van der Waals surface area contributed by atoms with E-state index in [1.54, 1.807) is 23.5 Å². The number of hydrogen-bond acceptors (Lipinski definition) is 1. The van der Waals surface area contributed by atoms with E-state index in [1.807, 2.05) is 17.5 Å². The first kappa shape index (κ1) is 5.74. The van der Waals surface area contributed by atoms with E-state index in [-0.39, 0.29) is 5.75 Å². The number of fused-ring (bicyclic) bond motifs is 1. The van der Waals surface area contributed by atoms with E-state index in [1.165, 1.54) is 4.70 Å². The van der Waals surface area contributed by atoms with Crippen LogP contribution in [0.2, 0.25) is 0 Å². The SMILES string of the molecule is [O]c1ccc2sccc2c1. The van der Waals surface area contributed by atoms with Crippen LogP contribution in [-0.2, 0) is 5.11 Å². The number of thiophene rings is 1. The Bertz CT molecular complexity index is 351. The van der Waals surface area contributed by atoms with Gasteiger partial charge < -0.3 is 0 Å². The normalized spacial score (nSPS) is 10.4. The van der Waals surface area contributed by atoms with Crippen molar-refractivity contribution in [1.29, 1.82) is 0 Å². The van der Waals surface area contributed by atoms with Crippen molar-refractivity contribution < 1.29 is 5.11 Å². The quantitative estimate of drug-likeness (QED) is 0.548. The second-order valence-electron chi connectivity index (χ2n) is 2.12. The fourth-order valence-corrected chi connectivity index (χ4v) is 1.72. The molecule has 0 aliphatic carbocycles. The van der Waals surface area contributed by atoms with Crippen LogP contribution < -0.4 is 0 Å². The molecule has 0 amide bonds. The molecule has 2 heteroatoms. The van der Waals surface area contributed by atoms with Gasteiger partial charge in [0, 0.05) is 4.70 Å². The van der Waals surface area contributed by atoms with Crippen LogP contribution in [0.3, 0.4) is 0 Å². The van der Waals surface area contributed by atoms with Crippen molar-refractivity contribution in [2.24, 2.45) is 0 Å². The Labute approximate surface area is 62.5 Å². The van der Waals surface area contributed by atoms with Gasteiger partial charge in [0.1, 0.15) is 0 Å². The van der Waals surface area contributed by atoms with E-state index in [0.29, 0.717) is 0 Å². The first-order valence-electron chi connectivity index (χ1n) is 3.00. The molecule has 2 rings (SSSR count). The largest absolute Gasteiger partial charge is 0.290 e. The minimum Gasteiger partial charge on any atom is -0.290 e. The van der Waals surface area contributed by atoms with Gasteiger partial charge in [-0.25, -0.2) is 0 Å². The smallest absolute Gasteiger partial charge is 0.179 e. The third kappa shape index (κ3) is 0.772. The fraction of sp³-hybridized carbons (Fsp3) is 0. The molecule has 1 aromatic heterocycles. The molecule has 2 aromatic rings. The van der Waals surface area contributed by atoms with Gasteiger partial charge in [-0.1, -0.05) is 0 Å². The summed E-state index contributed by atoms with van der Waals surface area (Å²) in [6.45, 7) is 0. The first-order chi connectivity index (χ1) is 4.86. The maximum atomic E-state index is 10.8. The molecule has 0 spiro atoms. The molecule has 10 heavy (non-hydrogen) atoms. The number of rotatable bonds is 0. The van der Waals surface area contributed by atoms with Gasteiger partial charge in [-0.2, -0.15) is 0 Å². The van der Waals surface area contributed by atoms with E-state index >= 15 is 0 Å². The molecule has 1 aromatic carbocycles. The summed E-state index contributed by atoms with van der Waals surface area (Å²) in [6.07, 6.45) is 0. The Hall–Kier alpha value is -1.02. The monoisotopic (exact) mass is 149 g/mol. The molecule has 0 N–H and O–H groups in total. The van der Waals surface area contributed by atoms with Gasteiger partial charge in [0.05, 0.1) is 0 Å². The van der Waals surface area contributed by atoms with Crippen molar-refractivity contribution in [2.75, 3.05) is 0 Å². The van der Waals surface area contributed by atoms with Crippen molar-refractivity contribution >= 4 is 21.4 Å². The van der Waals surface area contributed by atoms with E-state index in [2.05, 4.69) is 0 Å². The zero-order valence-corrected chi connectivity index (χ0v) is 6.02. The third-order valence-corrected chi connectivity index (χ3v) is 2.32. The summed E-state index contributed by atoms with van der Waals surface area (Å²) in [5, 5.41) is 13.8. The third-order valence-electron chi connectivity index (χ3n) is 1.42. The average Bonchev–Trinajstić information content (AvgIpc) is 2.33. The maximum absolute atomic E-state index is 10.8. The van der Waals surface area contributed by atoms with Gasteiger partial charge in [0.15, 0.2) is 5.75 Å². The van der Waals surface area contributed by atoms with Gasteiger partial charge >= 0.3 is 0 Å². The van der Waals surface area contributed by atoms with Crippen LogP contribution >= 0.6 is 11.3 Å². The van der Waals surface area contributed by atoms with Crippen LogP contribution in [0.25, 0.3) is 10.1 Å². The van der Waals surface area contributed by atoms with Gasteiger partial charge in [-0.15, -0.1) is 11.3 Å². The van der Waals surface area contributed by atoms with E-state index < -0.39 is 0 Å². The summed E-state index contributed by atoms with van der Waals surface area (Å²) in [7, 11) is 0. The summed E-state index contributed by atoms with van der Waals surface area (Å²) in [5.41, 5.74) is 0. The Morgan fingerprint density at radius 2 is 2.10 bits per heavy atom. The zero-order valence-electron chi connectivity index (χ0n) is 5.20. The lowest BCUT2D eigenvalue weighted by atomic mass is 10.2. The number of benzene rings is 1. The molecule has 0 aliphatic heterocycles. The minimum absolute atomic E-state index is 0.0888. The van der Waals surface area contributed by atoms with Crippen molar-refractivity contribution in [3.05, 3.63) is 29.6 Å². The topological polar surface area (TPSA) is 19.9 Å². The number of hydrogen-bond donors (Lipinski definition) is 0. The summed E-state index contributed by atoms with van der Waals surface area (Å²) < 4.78 is 1.18. The van der Waals surface area contributed by atoms with Crippen LogP contribution in [0.4, 0.5) is 0 Å². The molecule has 1 heterocycles. The van der Waals surface area contributed by atoms with Crippen molar-refractivity contribution in [3.63, 3.8) is 0 Å². The molecule has 0 unspecified atom stereocenters. The lowest BCUT2D eigenvalue weighted by Crippen LogP contribution is -1.60. The van der Waals surface area contributed by atoms with Crippen LogP contribution in [0.1, 0.15) is 0 Å². The first-order valence-corrected chi connectivity index (χ1v) is 3.88. The average molecular weight is 149 g/mol. The maximum Gasteiger partial charge on any atom is 0.179 e. The Balaban J connectivity index is 2.86. The van der Waals surface area contributed by atoms with Crippen LogP contribution in [0.15, 0.2) is 29.6 Å². The highest BCUT2D eigenvalue weighted by Crippen LogP contribution is 2.24. The Kier molecular flexibility index (Phi) is 1.14. The molecule has 1 radical (unpaired) electrons. The van der Waals surface area contributed by atoms with Crippen molar-refractivity contribution in [1.82, 2.24) is 0 Å². The highest BCUT2D eigenvalue weighted by molar-refractivity contribution is 7.17. The second-order valence-corrected chi connectivity index (χ2v) is 3.07. The summed E-state index contributed by atoms with van der Waals surface area (Å²) in [4.78, 5) is 0.